The normalized spacial score (nSPS) is 10.2. The van der Waals surface area contributed by atoms with Crippen molar-refractivity contribution in [2.45, 2.75) is 6.61 Å². The van der Waals surface area contributed by atoms with Crippen LogP contribution in [-0.2, 0) is 11.4 Å². The van der Waals surface area contributed by atoms with Crippen LogP contribution in [0.2, 0.25) is 10.0 Å². The van der Waals surface area contributed by atoms with Crippen molar-refractivity contribution in [1.82, 2.24) is 0 Å². The van der Waals surface area contributed by atoms with Gasteiger partial charge in [0.25, 0.3) is 5.91 Å². The number of aliphatic hydroxyl groups is 1. The van der Waals surface area contributed by atoms with Gasteiger partial charge >= 0.3 is 0 Å². The van der Waals surface area contributed by atoms with Gasteiger partial charge in [0.15, 0.2) is 6.61 Å². The number of carbonyl (C=O) groups is 1. The summed E-state index contributed by atoms with van der Waals surface area (Å²) in [5, 5.41) is 12.6. The van der Waals surface area contributed by atoms with Crippen LogP contribution in [0.25, 0.3) is 0 Å². The molecule has 4 nitrogen and oxygen atoms in total. The zero-order chi connectivity index (χ0) is 15.2. The molecular weight excluding hydrogens is 313 g/mol. The van der Waals surface area contributed by atoms with Gasteiger partial charge in [0.1, 0.15) is 5.75 Å². The number of amides is 1. The largest absolute Gasteiger partial charge is 0.484 e. The van der Waals surface area contributed by atoms with Crippen molar-refractivity contribution in [2.24, 2.45) is 0 Å². The lowest BCUT2D eigenvalue weighted by atomic mass is 10.2. The summed E-state index contributed by atoms with van der Waals surface area (Å²) >= 11 is 11.7. The van der Waals surface area contributed by atoms with Crippen LogP contribution in [0.5, 0.6) is 5.75 Å². The minimum Gasteiger partial charge on any atom is -0.484 e. The van der Waals surface area contributed by atoms with Gasteiger partial charge in [0.05, 0.1) is 16.7 Å². The Morgan fingerprint density at radius 3 is 2.62 bits per heavy atom. The van der Waals surface area contributed by atoms with Crippen molar-refractivity contribution < 1.29 is 14.6 Å². The molecule has 0 bridgehead atoms. The molecule has 0 saturated carbocycles. The van der Waals surface area contributed by atoms with E-state index in [1.807, 2.05) is 0 Å². The van der Waals surface area contributed by atoms with Crippen LogP contribution in [-0.4, -0.2) is 17.6 Å². The predicted molar refractivity (Wildman–Crippen MR) is 83.0 cm³/mol. The number of anilines is 1. The number of carbonyl (C=O) groups excluding carboxylic acids is 1. The Bertz CT molecular complexity index is 647. The Balaban J connectivity index is 1.94. The molecule has 2 aromatic rings. The van der Waals surface area contributed by atoms with E-state index in [9.17, 15) is 9.90 Å². The number of ether oxygens (including phenoxy) is 1. The molecule has 0 radical (unpaired) electrons. The molecule has 6 heteroatoms. The van der Waals surface area contributed by atoms with Gasteiger partial charge in [0.2, 0.25) is 0 Å². The first kappa shape index (κ1) is 15.6. The van der Waals surface area contributed by atoms with Crippen LogP contribution < -0.4 is 10.1 Å². The summed E-state index contributed by atoms with van der Waals surface area (Å²) in [4.78, 5) is 11.8. The highest BCUT2D eigenvalue weighted by Gasteiger charge is 2.07. The molecule has 0 aliphatic carbocycles. The second kappa shape index (κ2) is 7.31. The Hall–Kier alpha value is -1.75. The van der Waals surface area contributed by atoms with E-state index >= 15 is 0 Å². The van der Waals surface area contributed by atoms with E-state index in [-0.39, 0.29) is 19.1 Å². The molecule has 0 atom stereocenters. The molecule has 0 aromatic heterocycles. The summed E-state index contributed by atoms with van der Waals surface area (Å²) in [5.74, 6) is 0.122. The number of nitrogens with one attached hydrogen (secondary N) is 1. The van der Waals surface area contributed by atoms with E-state index in [2.05, 4.69) is 5.32 Å². The molecule has 0 unspecified atom stereocenters. The lowest BCUT2D eigenvalue weighted by molar-refractivity contribution is -0.118. The first-order valence-electron chi connectivity index (χ1n) is 6.16. The number of benzene rings is 2. The molecule has 0 spiro atoms. The van der Waals surface area contributed by atoms with Gasteiger partial charge in [-0.15, -0.1) is 0 Å². The summed E-state index contributed by atoms with van der Waals surface area (Å²) in [5.41, 5.74) is 1.20. The Kier molecular flexibility index (Phi) is 5.44. The SMILES string of the molecule is O=C(COc1ccc(Cl)c(Cl)c1)Nc1ccccc1CO. The molecule has 2 aromatic carbocycles. The molecule has 0 heterocycles. The fraction of sp³-hybridized carbons (Fsp3) is 0.133. The van der Waals surface area contributed by atoms with Gasteiger partial charge in [-0.25, -0.2) is 0 Å². The van der Waals surface area contributed by atoms with Gasteiger partial charge in [-0.05, 0) is 18.2 Å². The molecular formula is C15H13Cl2NO3. The average molecular weight is 326 g/mol. The van der Waals surface area contributed by atoms with Crippen LogP contribution in [0.3, 0.4) is 0 Å². The van der Waals surface area contributed by atoms with Crippen LogP contribution in [0.4, 0.5) is 5.69 Å². The quantitative estimate of drug-likeness (QED) is 0.884. The van der Waals surface area contributed by atoms with Gasteiger partial charge in [-0.3, -0.25) is 4.79 Å². The molecule has 2 rings (SSSR count). The molecule has 0 saturated heterocycles. The van der Waals surface area contributed by atoms with Crippen LogP contribution in [0.15, 0.2) is 42.5 Å². The molecule has 2 N–H and O–H groups in total. The molecule has 21 heavy (non-hydrogen) atoms. The molecule has 0 aliphatic rings. The van der Waals surface area contributed by atoms with E-state index in [0.717, 1.165) is 0 Å². The number of para-hydroxylation sites is 1. The standard InChI is InChI=1S/C15H13Cl2NO3/c16-12-6-5-11(7-13(12)17)21-9-15(20)18-14-4-2-1-3-10(14)8-19/h1-7,19H,8-9H2,(H,18,20). The monoisotopic (exact) mass is 325 g/mol. The Morgan fingerprint density at radius 2 is 1.90 bits per heavy atom. The van der Waals surface area contributed by atoms with Crippen molar-refractivity contribution in [3.05, 3.63) is 58.1 Å². The maximum Gasteiger partial charge on any atom is 0.262 e. The number of halogens is 2. The van der Waals surface area contributed by atoms with Crippen molar-refractivity contribution in [3.63, 3.8) is 0 Å². The first-order valence-corrected chi connectivity index (χ1v) is 6.92. The third kappa shape index (κ3) is 4.36. The third-order valence-corrected chi connectivity index (χ3v) is 3.46. The second-order valence-corrected chi connectivity index (χ2v) is 5.04. The minimum atomic E-state index is -0.332. The smallest absolute Gasteiger partial charge is 0.262 e. The minimum absolute atomic E-state index is 0.149. The summed E-state index contributed by atoms with van der Waals surface area (Å²) in [7, 11) is 0. The number of rotatable bonds is 5. The van der Waals surface area contributed by atoms with Gasteiger partial charge in [-0.2, -0.15) is 0 Å². The maximum atomic E-state index is 11.8. The highest BCUT2D eigenvalue weighted by atomic mass is 35.5. The first-order chi connectivity index (χ1) is 10.1. The van der Waals surface area contributed by atoms with E-state index in [1.54, 1.807) is 42.5 Å². The Labute approximate surface area is 132 Å². The van der Waals surface area contributed by atoms with Gasteiger partial charge in [-0.1, -0.05) is 41.4 Å². The average Bonchev–Trinajstić information content (AvgIpc) is 2.49. The Morgan fingerprint density at radius 1 is 1.14 bits per heavy atom. The van der Waals surface area contributed by atoms with Gasteiger partial charge < -0.3 is 15.2 Å². The summed E-state index contributed by atoms with van der Waals surface area (Å²) in [6, 6.07) is 11.8. The highest BCUT2D eigenvalue weighted by molar-refractivity contribution is 6.42. The van der Waals surface area contributed by atoms with Crippen molar-refractivity contribution in [2.75, 3.05) is 11.9 Å². The summed E-state index contributed by atoms with van der Waals surface area (Å²) < 4.78 is 5.33. The second-order valence-electron chi connectivity index (χ2n) is 4.23. The molecule has 110 valence electrons. The van der Waals surface area contributed by atoms with Crippen LogP contribution >= 0.6 is 23.2 Å². The van der Waals surface area contributed by atoms with E-state index < -0.39 is 0 Å². The summed E-state index contributed by atoms with van der Waals surface area (Å²) in [6.07, 6.45) is 0. The van der Waals surface area contributed by atoms with E-state index in [1.165, 1.54) is 0 Å². The zero-order valence-corrected chi connectivity index (χ0v) is 12.5. The lowest BCUT2D eigenvalue weighted by Gasteiger charge is -2.10. The molecule has 0 aliphatic heterocycles. The fourth-order valence-corrected chi connectivity index (χ4v) is 1.97. The number of hydrogen-bond acceptors (Lipinski definition) is 3. The van der Waals surface area contributed by atoms with Crippen molar-refractivity contribution in [3.8, 4) is 5.75 Å². The lowest BCUT2D eigenvalue weighted by Crippen LogP contribution is -2.20. The summed E-state index contributed by atoms with van der Waals surface area (Å²) in [6.45, 7) is -0.318. The zero-order valence-electron chi connectivity index (χ0n) is 11.0. The van der Waals surface area contributed by atoms with Gasteiger partial charge in [0, 0.05) is 17.3 Å². The number of aliphatic hydroxyl groups excluding tert-OH is 1. The maximum absolute atomic E-state index is 11.8. The van der Waals surface area contributed by atoms with E-state index in [4.69, 9.17) is 27.9 Å². The van der Waals surface area contributed by atoms with Crippen molar-refractivity contribution >= 4 is 34.8 Å². The number of hydrogen-bond donors (Lipinski definition) is 2. The molecule has 0 fully saturated rings. The fourth-order valence-electron chi connectivity index (χ4n) is 1.68. The topological polar surface area (TPSA) is 58.6 Å². The van der Waals surface area contributed by atoms with Crippen LogP contribution in [0.1, 0.15) is 5.56 Å². The predicted octanol–water partition coefficient (Wildman–Crippen LogP) is 3.50. The van der Waals surface area contributed by atoms with E-state index in [0.29, 0.717) is 27.0 Å². The molecule has 1 amide bonds. The highest BCUT2D eigenvalue weighted by Crippen LogP contribution is 2.26. The van der Waals surface area contributed by atoms with Crippen LogP contribution in [0, 0.1) is 0 Å². The third-order valence-electron chi connectivity index (χ3n) is 2.72. The van der Waals surface area contributed by atoms with Crippen molar-refractivity contribution in [1.29, 1.82) is 0 Å².